The van der Waals surface area contributed by atoms with Gasteiger partial charge < -0.3 is 10.3 Å². The number of nitrogens with zero attached hydrogens (tertiary/aromatic N) is 2. The first-order chi connectivity index (χ1) is 7.66. The second-order valence-corrected chi connectivity index (χ2v) is 5.51. The quantitative estimate of drug-likeness (QED) is 0.830. The maximum Gasteiger partial charge on any atom is 0.266 e. The Bertz CT molecular complexity index is 550. The second-order valence-electron chi connectivity index (χ2n) is 3.11. The molecule has 2 N–H and O–H groups in total. The number of aromatic amines is 1. The van der Waals surface area contributed by atoms with E-state index in [1.54, 1.807) is 11.3 Å². The van der Waals surface area contributed by atoms with Crippen LogP contribution in [-0.2, 0) is 6.54 Å². The van der Waals surface area contributed by atoms with Crippen molar-refractivity contribution in [3.8, 4) is 0 Å². The van der Waals surface area contributed by atoms with Gasteiger partial charge >= 0.3 is 0 Å². The SMILES string of the molecule is Cc1cnc(CNc2nc[nH]c(=O)c2I)s1. The predicted molar refractivity (Wildman–Crippen MR) is 71.8 cm³/mol. The average molecular weight is 348 g/mol. The van der Waals surface area contributed by atoms with Crippen molar-refractivity contribution < 1.29 is 0 Å². The fraction of sp³-hybridized carbons (Fsp3) is 0.222. The standard InChI is InChI=1S/C9H9IN4OS/c1-5-2-11-6(16-5)3-12-8-7(10)9(15)14-4-13-8/h2,4H,3H2,1H3,(H2,12,13,14,15). The minimum Gasteiger partial charge on any atom is -0.362 e. The van der Waals surface area contributed by atoms with Gasteiger partial charge in [-0.05, 0) is 29.5 Å². The first-order valence-corrected chi connectivity index (χ1v) is 6.44. The van der Waals surface area contributed by atoms with E-state index in [0.717, 1.165) is 5.01 Å². The average Bonchev–Trinajstić information content (AvgIpc) is 2.67. The number of hydrogen-bond acceptors (Lipinski definition) is 5. The molecule has 0 radical (unpaired) electrons. The molecule has 2 aromatic heterocycles. The summed E-state index contributed by atoms with van der Waals surface area (Å²) in [5.41, 5.74) is -0.131. The maximum atomic E-state index is 11.3. The van der Waals surface area contributed by atoms with Crippen molar-refractivity contribution in [1.29, 1.82) is 0 Å². The number of thiazole rings is 1. The van der Waals surface area contributed by atoms with Gasteiger partial charge in [0.25, 0.3) is 5.56 Å². The number of nitrogens with one attached hydrogen (secondary N) is 2. The van der Waals surface area contributed by atoms with E-state index in [9.17, 15) is 4.79 Å². The Morgan fingerprint density at radius 1 is 1.56 bits per heavy atom. The van der Waals surface area contributed by atoms with Crippen molar-refractivity contribution in [2.45, 2.75) is 13.5 Å². The van der Waals surface area contributed by atoms with Gasteiger partial charge in [-0.15, -0.1) is 11.3 Å². The van der Waals surface area contributed by atoms with Gasteiger partial charge in [-0.1, -0.05) is 0 Å². The Kier molecular flexibility index (Phi) is 3.54. The van der Waals surface area contributed by atoms with E-state index in [1.807, 2.05) is 35.7 Å². The van der Waals surface area contributed by atoms with Gasteiger partial charge in [-0.25, -0.2) is 9.97 Å². The Morgan fingerprint density at radius 3 is 3.06 bits per heavy atom. The number of H-pyrrole nitrogens is 1. The van der Waals surface area contributed by atoms with Crippen LogP contribution in [0.3, 0.4) is 0 Å². The molecular formula is C9H9IN4OS. The molecule has 2 rings (SSSR count). The summed E-state index contributed by atoms with van der Waals surface area (Å²) in [6.45, 7) is 2.60. The van der Waals surface area contributed by atoms with E-state index in [4.69, 9.17) is 0 Å². The minimum atomic E-state index is -0.131. The first-order valence-electron chi connectivity index (χ1n) is 4.55. The molecule has 2 aromatic rings. The van der Waals surface area contributed by atoms with Crippen LogP contribution in [0.2, 0.25) is 0 Å². The third-order valence-electron chi connectivity index (χ3n) is 1.87. The number of aryl methyl sites for hydroxylation is 1. The molecule has 2 heterocycles. The molecule has 16 heavy (non-hydrogen) atoms. The van der Waals surface area contributed by atoms with Crippen LogP contribution in [0.15, 0.2) is 17.3 Å². The Hall–Kier alpha value is -0.960. The molecule has 0 aliphatic rings. The smallest absolute Gasteiger partial charge is 0.266 e. The van der Waals surface area contributed by atoms with Crippen LogP contribution in [0.5, 0.6) is 0 Å². The van der Waals surface area contributed by atoms with Crippen molar-refractivity contribution in [2.24, 2.45) is 0 Å². The highest BCUT2D eigenvalue weighted by molar-refractivity contribution is 14.1. The summed E-state index contributed by atoms with van der Waals surface area (Å²) in [5, 5.41) is 4.07. The van der Waals surface area contributed by atoms with Gasteiger partial charge in [0.15, 0.2) is 0 Å². The fourth-order valence-corrected chi connectivity index (χ4v) is 2.36. The van der Waals surface area contributed by atoms with E-state index in [1.165, 1.54) is 11.2 Å². The summed E-state index contributed by atoms with van der Waals surface area (Å²) in [5.74, 6) is 0.595. The monoisotopic (exact) mass is 348 g/mol. The summed E-state index contributed by atoms with van der Waals surface area (Å²) < 4.78 is 0.563. The van der Waals surface area contributed by atoms with Crippen molar-refractivity contribution in [3.05, 3.63) is 36.3 Å². The highest BCUT2D eigenvalue weighted by Crippen LogP contribution is 2.14. The van der Waals surface area contributed by atoms with Crippen molar-refractivity contribution in [2.75, 3.05) is 5.32 Å². The van der Waals surface area contributed by atoms with Gasteiger partial charge in [-0.2, -0.15) is 0 Å². The molecule has 0 atom stereocenters. The number of hydrogen-bond donors (Lipinski definition) is 2. The lowest BCUT2D eigenvalue weighted by molar-refractivity contribution is 1.03. The van der Waals surface area contributed by atoms with Crippen molar-refractivity contribution in [3.63, 3.8) is 0 Å². The van der Waals surface area contributed by atoms with E-state index < -0.39 is 0 Å². The lowest BCUT2D eigenvalue weighted by atomic mass is 10.5. The largest absolute Gasteiger partial charge is 0.362 e. The second kappa shape index (κ2) is 4.91. The molecule has 0 unspecified atom stereocenters. The van der Waals surface area contributed by atoms with Crippen LogP contribution in [0.1, 0.15) is 9.88 Å². The summed E-state index contributed by atoms with van der Waals surface area (Å²) in [6, 6.07) is 0. The normalized spacial score (nSPS) is 10.4. The number of rotatable bonds is 3. The van der Waals surface area contributed by atoms with Gasteiger partial charge in [0.2, 0.25) is 0 Å². The summed E-state index contributed by atoms with van der Waals surface area (Å²) in [6.07, 6.45) is 3.22. The van der Waals surface area contributed by atoms with Crippen LogP contribution in [0, 0.1) is 10.5 Å². The molecule has 0 aliphatic heterocycles. The third kappa shape index (κ3) is 2.59. The first kappa shape index (κ1) is 11.5. The third-order valence-corrected chi connectivity index (χ3v) is 3.79. The topological polar surface area (TPSA) is 70.7 Å². The zero-order chi connectivity index (χ0) is 11.5. The molecule has 5 nitrogen and oxygen atoms in total. The van der Waals surface area contributed by atoms with Crippen LogP contribution in [0.25, 0.3) is 0 Å². The zero-order valence-electron chi connectivity index (χ0n) is 8.45. The fourth-order valence-electron chi connectivity index (χ4n) is 1.15. The summed E-state index contributed by atoms with van der Waals surface area (Å²) in [7, 11) is 0. The molecule has 0 aromatic carbocycles. The summed E-state index contributed by atoms with van der Waals surface area (Å²) in [4.78, 5) is 23.3. The van der Waals surface area contributed by atoms with E-state index in [-0.39, 0.29) is 5.56 Å². The van der Waals surface area contributed by atoms with Crippen LogP contribution >= 0.6 is 33.9 Å². The highest BCUT2D eigenvalue weighted by Gasteiger charge is 2.05. The predicted octanol–water partition coefficient (Wildman–Crippen LogP) is 1.75. The molecule has 0 bridgehead atoms. The van der Waals surface area contributed by atoms with Gasteiger partial charge in [0.05, 0.1) is 12.9 Å². The van der Waals surface area contributed by atoms with E-state index >= 15 is 0 Å². The Labute approximate surface area is 109 Å². The molecule has 7 heteroatoms. The van der Waals surface area contributed by atoms with Crippen molar-refractivity contribution in [1.82, 2.24) is 15.0 Å². The highest BCUT2D eigenvalue weighted by atomic mass is 127. The molecule has 84 valence electrons. The van der Waals surface area contributed by atoms with E-state index in [0.29, 0.717) is 15.9 Å². The van der Waals surface area contributed by atoms with Crippen LogP contribution < -0.4 is 10.9 Å². The number of anilines is 1. The Morgan fingerprint density at radius 2 is 2.38 bits per heavy atom. The summed E-state index contributed by atoms with van der Waals surface area (Å²) >= 11 is 3.59. The van der Waals surface area contributed by atoms with Crippen LogP contribution in [-0.4, -0.2) is 15.0 Å². The molecule has 0 aliphatic carbocycles. The minimum absolute atomic E-state index is 0.131. The molecular weight excluding hydrogens is 339 g/mol. The molecule has 0 saturated heterocycles. The van der Waals surface area contributed by atoms with Gasteiger partial charge in [0.1, 0.15) is 14.4 Å². The zero-order valence-corrected chi connectivity index (χ0v) is 11.4. The molecule has 0 amide bonds. The number of aromatic nitrogens is 3. The molecule has 0 saturated carbocycles. The van der Waals surface area contributed by atoms with E-state index in [2.05, 4.69) is 20.3 Å². The Balaban J connectivity index is 2.10. The maximum absolute atomic E-state index is 11.3. The molecule has 0 fully saturated rings. The molecule has 0 spiro atoms. The van der Waals surface area contributed by atoms with Gasteiger partial charge in [-0.3, -0.25) is 4.79 Å². The van der Waals surface area contributed by atoms with Crippen LogP contribution in [0.4, 0.5) is 5.82 Å². The lowest BCUT2D eigenvalue weighted by Gasteiger charge is -2.03. The number of halogens is 1. The van der Waals surface area contributed by atoms with Crippen molar-refractivity contribution >= 4 is 39.7 Å². The van der Waals surface area contributed by atoms with Gasteiger partial charge in [0, 0.05) is 11.1 Å². The lowest BCUT2D eigenvalue weighted by Crippen LogP contribution is -2.14.